The number of aromatic nitrogens is 2. The Hall–Kier alpha value is -0.910. The first-order valence-corrected chi connectivity index (χ1v) is 5.32. The molecule has 1 unspecified atom stereocenters. The second-order valence-corrected chi connectivity index (χ2v) is 3.54. The Morgan fingerprint density at radius 1 is 1.47 bits per heavy atom. The number of nitrogens with zero attached hydrogens (tertiary/aromatic N) is 2. The van der Waals surface area contributed by atoms with Crippen LogP contribution < -0.4 is 5.32 Å². The van der Waals surface area contributed by atoms with Gasteiger partial charge in [0.1, 0.15) is 0 Å². The molecule has 2 rings (SSSR count). The molecule has 0 saturated carbocycles. The van der Waals surface area contributed by atoms with E-state index in [4.69, 9.17) is 9.47 Å². The summed E-state index contributed by atoms with van der Waals surface area (Å²) in [6, 6.07) is 1.93. The summed E-state index contributed by atoms with van der Waals surface area (Å²) in [5.74, 6) is 0. The fourth-order valence-electron chi connectivity index (χ4n) is 1.54. The van der Waals surface area contributed by atoms with Crippen LogP contribution in [0.3, 0.4) is 0 Å². The van der Waals surface area contributed by atoms with Crippen molar-refractivity contribution in [3.8, 4) is 0 Å². The average Bonchev–Trinajstić information content (AvgIpc) is 2.79. The van der Waals surface area contributed by atoms with Crippen molar-refractivity contribution in [3.05, 3.63) is 18.5 Å². The summed E-state index contributed by atoms with van der Waals surface area (Å²) in [6.07, 6.45) is 3.95. The molecular weight excluding hydrogens is 194 g/mol. The summed E-state index contributed by atoms with van der Waals surface area (Å²) >= 11 is 0. The molecule has 0 amide bonds. The van der Waals surface area contributed by atoms with Gasteiger partial charge in [-0.2, -0.15) is 5.10 Å². The highest BCUT2D eigenvalue weighted by molar-refractivity contribution is 4.77. The van der Waals surface area contributed by atoms with Crippen LogP contribution in [-0.2, 0) is 16.0 Å². The molecule has 1 aliphatic rings. The highest BCUT2D eigenvalue weighted by Crippen LogP contribution is 1.98. The molecule has 2 heterocycles. The molecule has 0 aliphatic carbocycles. The van der Waals surface area contributed by atoms with Crippen LogP contribution in [0.4, 0.5) is 0 Å². The third-order valence-corrected chi connectivity index (χ3v) is 2.33. The van der Waals surface area contributed by atoms with Crippen molar-refractivity contribution in [2.75, 3.05) is 32.9 Å². The zero-order valence-electron chi connectivity index (χ0n) is 8.76. The van der Waals surface area contributed by atoms with Gasteiger partial charge in [0.15, 0.2) is 0 Å². The van der Waals surface area contributed by atoms with Crippen molar-refractivity contribution < 1.29 is 9.47 Å². The fraction of sp³-hybridized carbons (Fsp3) is 0.700. The first-order valence-electron chi connectivity index (χ1n) is 5.32. The summed E-state index contributed by atoms with van der Waals surface area (Å²) < 4.78 is 12.7. The van der Waals surface area contributed by atoms with Gasteiger partial charge in [-0.3, -0.25) is 4.68 Å². The van der Waals surface area contributed by atoms with E-state index in [0.29, 0.717) is 13.2 Å². The molecule has 0 spiro atoms. The first-order chi connectivity index (χ1) is 7.45. The van der Waals surface area contributed by atoms with Gasteiger partial charge in [0.2, 0.25) is 0 Å². The normalized spacial score (nSPS) is 21.7. The van der Waals surface area contributed by atoms with Gasteiger partial charge in [0.25, 0.3) is 0 Å². The Kier molecular flexibility index (Phi) is 4.13. The Bertz CT molecular complexity index is 258. The van der Waals surface area contributed by atoms with E-state index in [0.717, 1.165) is 26.2 Å². The quantitative estimate of drug-likeness (QED) is 0.690. The van der Waals surface area contributed by atoms with E-state index >= 15 is 0 Å². The van der Waals surface area contributed by atoms with Crippen LogP contribution in [-0.4, -0.2) is 48.8 Å². The molecule has 5 heteroatoms. The SMILES string of the molecule is c1cnn(CCNCC2COCCO2)c1. The maximum Gasteiger partial charge on any atom is 0.0933 e. The maximum atomic E-state index is 5.51. The molecule has 5 nitrogen and oxygen atoms in total. The van der Waals surface area contributed by atoms with Gasteiger partial charge in [0.05, 0.1) is 32.5 Å². The Morgan fingerprint density at radius 3 is 3.20 bits per heavy atom. The van der Waals surface area contributed by atoms with Crippen molar-refractivity contribution in [3.63, 3.8) is 0 Å². The predicted molar refractivity (Wildman–Crippen MR) is 55.7 cm³/mol. The van der Waals surface area contributed by atoms with Crippen LogP contribution in [0.1, 0.15) is 0 Å². The van der Waals surface area contributed by atoms with Gasteiger partial charge in [-0.25, -0.2) is 0 Å². The van der Waals surface area contributed by atoms with Gasteiger partial charge in [-0.05, 0) is 6.07 Å². The largest absolute Gasteiger partial charge is 0.376 e. The van der Waals surface area contributed by atoms with Crippen molar-refractivity contribution in [1.82, 2.24) is 15.1 Å². The Morgan fingerprint density at radius 2 is 2.47 bits per heavy atom. The van der Waals surface area contributed by atoms with E-state index in [1.54, 1.807) is 6.20 Å². The van der Waals surface area contributed by atoms with Crippen LogP contribution in [0.15, 0.2) is 18.5 Å². The Labute approximate surface area is 89.4 Å². The molecule has 15 heavy (non-hydrogen) atoms. The standard InChI is InChI=1S/C10H17N3O2/c1-2-12-13(4-1)5-3-11-8-10-9-14-6-7-15-10/h1-2,4,10-11H,3,5-9H2. The number of ether oxygens (including phenoxy) is 2. The molecule has 84 valence electrons. The molecular formula is C10H17N3O2. The average molecular weight is 211 g/mol. The van der Waals surface area contributed by atoms with E-state index in [2.05, 4.69) is 10.4 Å². The van der Waals surface area contributed by atoms with Crippen molar-refractivity contribution >= 4 is 0 Å². The zero-order valence-corrected chi connectivity index (χ0v) is 8.76. The van der Waals surface area contributed by atoms with E-state index in [1.165, 1.54) is 0 Å². The number of hydrogen-bond acceptors (Lipinski definition) is 4. The fourth-order valence-corrected chi connectivity index (χ4v) is 1.54. The molecule has 1 N–H and O–H groups in total. The molecule has 0 bridgehead atoms. The topological polar surface area (TPSA) is 48.3 Å². The third-order valence-electron chi connectivity index (χ3n) is 2.33. The summed E-state index contributed by atoms with van der Waals surface area (Å²) in [6.45, 7) is 4.79. The third kappa shape index (κ3) is 3.62. The van der Waals surface area contributed by atoms with Crippen molar-refractivity contribution in [2.24, 2.45) is 0 Å². The zero-order chi connectivity index (χ0) is 10.3. The number of hydrogen-bond donors (Lipinski definition) is 1. The maximum absolute atomic E-state index is 5.51. The minimum atomic E-state index is 0.205. The molecule has 0 radical (unpaired) electrons. The van der Waals surface area contributed by atoms with E-state index in [9.17, 15) is 0 Å². The van der Waals surface area contributed by atoms with Crippen molar-refractivity contribution in [2.45, 2.75) is 12.6 Å². The smallest absolute Gasteiger partial charge is 0.0933 e. The van der Waals surface area contributed by atoms with E-state index < -0.39 is 0 Å². The monoisotopic (exact) mass is 211 g/mol. The summed E-state index contributed by atoms with van der Waals surface area (Å²) in [4.78, 5) is 0. The Balaban J connectivity index is 1.54. The lowest BCUT2D eigenvalue weighted by Gasteiger charge is -2.23. The van der Waals surface area contributed by atoms with Gasteiger partial charge < -0.3 is 14.8 Å². The van der Waals surface area contributed by atoms with Gasteiger partial charge >= 0.3 is 0 Å². The molecule has 0 aromatic carbocycles. The van der Waals surface area contributed by atoms with E-state index in [-0.39, 0.29) is 6.10 Å². The lowest BCUT2D eigenvalue weighted by atomic mass is 10.3. The lowest BCUT2D eigenvalue weighted by molar-refractivity contribution is -0.0863. The first kappa shape index (κ1) is 10.6. The van der Waals surface area contributed by atoms with Crippen LogP contribution >= 0.6 is 0 Å². The van der Waals surface area contributed by atoms with Gasteiger partial charge in [-0.15, -0.1) is 0 Å². The summed E-state index contributed by atoms with van der Waals surface area (Å²) in [7, 11) is 0. The van der Waals surface area contributed by atoms with Crippen molar-refractivity contribution in [1.29, 1.82) is 0 Å². The van der Waals surface area contributed by atoms with Crippen LogP contribution in [0, 0.1) is 0 Å². The van der Waals surface area contributed by atoms with Crippen LogP contribution in [0.25, 0.3) is 0 Å². The number of rotatable bonds is 5. The van der Waals surface area contributed by atoms with Crippen LogP contribution in [0.2, 0.25) is 0 Å². The van der Waals surface area contributed by atoms with E-state index in [1.807, 2.05) is 16.9 Å². The van der Waals surface area contributed by atoms with Crippen LogP contribution in [0.5, 0.6) is 0 Å². The molecule has 1 saturated heterocycles. The minimum absolute atomic E-state index is 0.205. The van der Waals surface area contributed by atoms with Gasteiger partial charge in [-0.1, -0.05) is 0 Å². The van der Waals surface area contributed by atoms with Gasteiger partial charge in [0, 0.05) is 25.5 Å². The highest BCUT2D eigenvalue weighted by atomic mass is 16.6. The predicted octanol–water partition coefficient (Wildman–Crippen LogP) is -0.112. The highest BCUT2D eigenvalue weighted by Gasteiger charge is 2.12. The molecule has 1 fully saturated rings. The lowest BCUT2D eigenvalue weighted by Crippen LogP contribution is -2.38. The minimum Gasteiger partial charge on any atom is -0.376 e. The second-order valence-electron chi connectivity index (χ2n) is 3.54. The molecule has 1 aromatic rings. The molecule has 1 aliphatic heterocycles. The second kappa shape index (κ2) is 5.85. The number of nitrogens with one attached hydrogen (secondary N) is 1. The summed E-state index contributed by atoms with van der Waals surface area (Å²) in [5, 5.41) is 7.45. The molecule has 1 aromatic heterocycles. The summed E-state index contributed by atoms with van der Waals surface area (Å²) in [5.41, 5.74) is 0. The molecule has 1 atom stereocenters.